The normalized spacial score (nSPS) is 12.3. The molecule has 0 fully saturated rings. The van der Waals surface area contributed by atoms with Crippen LogP contribution in [0.3, 0.4) is 0 Å². The van der Waals surface area contributed by atoms with Crippen LogP contribution in [0.5, 0.6) is 5.75 Å². The van der Waals surface area contributed by atoms with Crippen LogP contribution < -0.4 is 10.5 Å². The Kier molecular flexibility index (Phi) is 4.09. The van der Waals surface area contributed by atoms with Gasteiger partial charge in [0.15, 0.2) is 0 Å². The molecular weight excluding hydrogens is 248 g/mol. The minimum Gasteiger partial charge on any atom is -0.496 e. The summed E-state index contributed by atoms with van der Waals surface area (Å²) in [5.41, 5.74) is 12.9. The van der Waals surface area contributed by atoms with Gasteiger partial charge < -0.3 is 10.5 Å². The maximum atomic E-state index is 6.45. The molecule has 1 aromatic carbocycles. The molecule has 0 aliphatic rings. The lowest BCUT2D eigenvalue weighted by Crippen LogP contribution is -2.16. The smallest absolute Gasteiger partial charge is 0.122 e. The molecule has 0 saturated carbocycles. The molecule has 0 aliphatic heterocycles. The number of rotatable bonds is 3. The molecule has 106 valence electrons. The average Bonchev–Trinajstić information content (AvgIpc) is 2.40. The molecule has 2 aromatic rings. The van der Waals surface area contributed by atoms with Gasteiger partial charge in [-0.05, 0) is 62.1 Å². The Balaban J connectivity index is 2.48. The largest absolute Gasteiger partial charge is 0.496 e. The number of benzene rings is 1. The van der Waals surface area contributed by atoms with Crippen molar-refractivity contribution in [1.29, 1.82) is 0 Å². The van der Waals surface area contributed by atoms with Crippen LogP contribution in [-0.2, 0) is 0 Å². The van der Waals surface area contributed by atoms with E-state index in [-0.39, 0.29) is 6.04 Å². The Hall–Kier alpha value is -1.87. The van der Waals surface area contributed by atoms with Gasteiger partial charge in [-0.25, -0.2) is 0 Å². The van der Waals surface area contributed by atoms with Gasteiger partial charge in [0.25, 0.3) is 0 Å². The number of aromatic nitrogens is 1. The topological polar surface area (TPSA) is 48.1 Å². The maximum absolute atomic E-state index is 6.45. The lowest BCUT2D eigenvalue weighted by atomic mass is 9.93. The molecule has 1 atom stereocenters. The second kappa shape index (κ2) is 5.63. The average molecular weight is 270 g/mol. The van der Waals surface area contributed by atoms with Crippen molar-refractivity contribution in [2.75, 3.05) is 7.11 Å². The zero-order valence-corrected chi connectivity index (χ0v) is 12.8. The SMILES string of the molecule is COc1cc(C)c(C(N)c2ccc(C)nc2C)cc1C. The van der Waals surface area contributed by atoms with E-state index >= 15 is 0 Å². The predicted molar refractivity (Wildman–Crippen MR) is 82.2 cm³/mol. The van der Waals surface area contributed by atoms with E-state index in [9.17, 15) is 0 Å². The summed E-state index contributed by atoms with van der Waals surface area (Å²) < 4.78 is 5.35. The van der Waals surface area contributed by atoms with Crippen molar-refractivity contribution in [3.63, 3.8) is 0 Å². The fraction of sp³-hybridized carbons (Fsp3) is 0.353. The molecule has 0 aliphatic carbocycles. The molecule has 0 radical (unpaired) electrons. The van der Waals surface area contributed by atoms with Crippen LogP contribution in [0.1, 0.15) is 39.7 Å². The molecule has 1 unspecified atom stereocenters. The van der Waals surface area contributed by atoms with E-state index < -0.39 is 0 Å². The standard InChI is InChI=1S/C17H22N2O/c1-10-9-16(20-5)11(2)8-15(10)17(18)14-7-6-12(3)19-13(14)4/h6-9,17H,18H2,1-5H3. The number of nitrogens with two attached hydrogens (primary N) is 1. The van der Waals surface area contributed by atoms with Gasteiger partial charge in [0.1, 0.15) is 5.75 Å². The van der Waals surface area contributed by atoms with Gasteiger partial charge in [0.05, 0.1) is 13.2 Å². The number of ether oxygens (including phenoxy) is 1. The molecule has 0 saturated heterocycles. The lowest BCUT2D eigenvalue weighted by molar-refractivity contribution is 0.411. The summed E-state index contributed by atoms with van der Waals surface area (Å²) in [4.78, 5) is 4.50. The molecule has 2 N–H and O–H groups in total. The van der Waals surface area contributed by atoms with Gasteiger partial charge >= 0.3 is 0 Å². The maximum Gasteiger partial charge on any atom is 0.122 e. The van der Waals surface area contributed by atoms with Gasteiger partial charge in [-0.1, -0.05) is 12.1 Å². The predicted octanol–water partition coefficient (Wildman–Crippen LogP) is 3.37. The Bertz CT molecular complexity index is 635. The summed E-state index contributed by atoms with van der Waals surface area (Å²) in [6, 6.07) is 8.07. The fourth-order valence-electron chi connectivity index (χ4n) is 2.56. The van der Waals surface area contributed by atoms with Crippen LogP contribution in [0.25, 0.3) is 0 Å². The van der Waals surface area contributed by atoms with Crippen molar-refractivity contribution in [3.8, 4) is 5.75 Å². The third kappa shape index (κ3) is 2.68. The number of aryl methyl sites for hydroxylation is 4. The summed E-state index contributed by atoms with van der Waals surface area (Å²) in [6.07, 6.45) is 0. The van der Waals surface area contributed by atoms with Gasteiger partial charge in [-0.3, -0.25) is 4.98 Å². The Morgan fingerprint density at radius 3 is 2.30 bits per heavy atom. The first-order valence-corrected chi connectivity index (χ1v) is 6.79. The van der Waals surface area contributed by atoms with Crippen molar-refractivity contribution in [1.82, 2.24) is 4.98 Å². The molecule has 1 heterocycles. The molecule has 3 heteroatoms. The van der Waals surface area contributed by atoms with Crippen LogP contribution >= 0.6 is 0 Å². The highest BCUT2D eigenvalue weighted by molar-refractivity contribution is 5.46. The fourth-order valence-corrected chi connectivity index (χ4v) is 2.56. The molecule has 0 amide bonds. The minimum atomic E-state index is -0.160. The number of methoxy groups -OCH3 is 1. The van der Waals surface area contributed by atoms with E-state index in [1.165, 1.54) is 0 Å². The first-order chi connectivity index (χ1) is 9.43. The molecule has 0 bridgehead atoms. The second-order valence-corrected chi connectivity index (χ2v) is 5.28. The van der Waals surface area contributed by atoms with Gasteiger partial charge in [-0.15, -0.1) is 0 Å². The molecule has 2 rings (SSSR count). The highest BCUT2D eigenvalue weighted by atomic mass is 16.5. The van der Waals surface area contributed by atoms with E-state index in [1.54, 1.807) is 7.11 Å². The molecule has 1 aromatic heterocycles. The Morgan fingerprint density at radius 1 is 1.00 bits per heavy atom. The van der Waals surface area contributed by atoms with Crippen molar-refractivity contribution >= 4 is 0 Å². The van der Waals surface area contributed by atoms with Crippen molar-refractivity contribution < 1.29 is 4.74 Å². The second-order valence-electron chi connectivity index (χ2n) is 5.28. The summed E-state index contributed by atoms with van der Waals surface area (Å²) in [5, 5.41) is 0. The van der Waals surface area contributed by atoms with Gasteiger partial charge in [-0.2, -0.15) is 0 Å². The van der Waals surface area contributed by atoms with Crippen LogP contribution in [0, 0.1) is 27.7 Å². The summed E-state index contributed by atoms with van der Waals surface area (Å²) in [6.45, 7) is 8.10. The van der Waals surface area contributed by atoms with Crippen LogP contribution in [0.2, 0.25) is 0 Å². The van der Waals surface area contributed by atoms with E-state index in [2.05, 4.69) is 24.0 Å². The van der Waals surface area contributed by atoms with E-state index in [0.29, 0.717) is 0 Å². The molecule has 20 heavy (non-hydrogen) atoms. The first-order valence-electron chi connectivity index (χ1n) is 6.79. The van der Waals surface area contributed by atoms with Crippen LogP contribution in [-0.4, -0.2) is 12.1 Å². The third-order valence-corrected chi connectivity index (χ3v) is 3.72. The highest BCUT2D eigenvalue weighted by Gasteiger charge is 2.16. The van der Waals surface area contributed by atoms with E-state index in [4.69, 9.17) is 10.5 Å². The quantitative estimate of drug-likeness (QED) is 0.930. The zero-order valence-electron chi connectivity index (χ0n) is 12.8. The minimum absolute atomic E-state index is 0.160. The Labute approximate surface area is 120 Å². The number of hydrogen-bond acceptors (Lipinski definition) is 3. The van der Waals surface area contributed by atoms with E-state index in [0.717, 1.165) is 39.4 Å². The summed E-state index contributed by atoms with van der Waals surface area (Å²) >= 11 is 0. The van der Waals surface area contributed by atoms with Gasteiger partial charge in [0, 0.05) is 11.4 Å². The highest BCUT2D eigenvalue weighted by Crippen LogP contribution is 2.29. The van der Waals surface area contributed by atoms with E-state index in [1.807, 2.05) is 32.9 Å². The van der Waals surface area contributed by atoms with Crippen molar-refractivity contribution in [3.05, 3.63) is 57.9 Å². The monoisotopic (exact) mass is 270 g/mol. The summed E-state index contributed by atoms with van der Waals surface area (Å²) in [7, 11) is 1.69. The zero-order chi connectivity index (χ0) is 14.9. The third-order valence-electron chi connectivity index (χ3n) is 3.72. The molecule has 3 nitrogen and oxygen atoms in total. The molecular formula is C17H22N2O. The number of nitrogens with zero attached hydrogens (tertiary/aromatic N) is 1. The van der Waals surface area contributed by atoms with Crippen LogP contribution in [0.15, 0.2) is 24.3 Å². The van der Waals surface area contributed by atoms with Gasteiger partial charge in [0.2, 0.25) is 0 Å². The first kappa shape index (κ1) is 14.5. The lowest BCUT2D eigenvalue weighted by Gasteiger charge is -2.19. The number of hydrogen-bond donors (Lipinski definition) is 1. The Morgan fingerprint density at radius 2 is 1.70 bits per heavy atom. The summed E-state index contributed by atoms with van der Waals surface area (Å²) in [5.74, 6) is 0.900. The van der Waals surface area contributed by atoms with Crippen LogP contribution in [0.4, 0.5) is 0 Å². The van der Waals surface area contributed by atoms with Crippen molar-refractivity contribution in [2.45, 2.75) is 33.7 Å². The van der Waals surface area contributed by atoms with Crippen molar-refractivity contribution in [2.24, 2.45) is 5.73 Å². The number of pyridine rings is 1. The molecule has 0 spiro atoms.